The Kier molecular flexibility index (Phi) is 6.17. The fourth-order valence-electron chi connectivity index (χ4n) is 4.47. The topological polar surface area (TPSA) is 116 Å². The maximum Gasteiger partial charge on any atom is 0.238 e. The number of rotatable bonds is 5. The van der Waals surface area contributed by atoms with E-state index in [1.807, 2.05) is 12.1 Å². The summed E-state index contributed by atoms with van der Waals surface area (Å²) in [5, 5.41) is 8.56. The third kappa shape index (κ3) is 4.41. The second-order valence-corrected chi connectivity index (χ2v) is 9.98. The Bertz CT molecular complexity index is 1570. The van der Waals surface area contributed by atoms with Crippen molar-refractivity contribution < 1.29 is 22.3 Å². The first-order chi connectivity index (χ1) is 17.3. The maximum absolute atomic E-state index is 15.3. The number of hydrogen-bond donors (Lipinski definition) is 2. The van der Waals surface area contributed by atoms with Crippen molar-refractivity contribution in [2.45, 2.75) is 23.9 Å². The second kappa shape index (κ2) is 9.30. The predicted octanol–water partition coefficient (Wildman–Crippen LogP) is 3.75. The Labute approximate surface area is 207 Å². The number of nitrogens with zero attached hydrogens (tertiary/aromatic N) is 2. The molecule has 3 N–H and O–H groups in total. The lowest BCUT2D eigenvalue weighted by Crippen LogP contribution is -2.21. The van der Waals surface area contributed by atoms with Crippen LogP contribution in [0.2, 0.25) is 0 Å². The molecule has 1 aliphatic heterocycles. The lowest BCUT2D eigenvalue weighted by molar-refractivity contribution is 0.0966. The summed E-state index contributed by atoms with van der Waals surface area (Å²) in [6.07, 6.45) is 1.63. The molecule has 8 nitrogen and oxygen atoms in total. The molecule has 36 heavy (non-hydrogen) atoms. The van der Waals surface area contributed by atoms with Crippen molar-refractivity contribution in [3.63, 3.8) is 0 Å². The van der Waals surface area contributed by atoms with Gasteiger partial charge in [0, 0.05) is 35.8 Å². The molecular formula is C26H23FN4O4S. The number of primary sulfonamides is 1. The summed E-state index contributed by atoms with van der Waals surface area (Å²) in [6, 6.07) is 17.3. The molecule has 184 valence electrons. The molecule has 1 aromatic heterocycles. The van der Waals surface area contributed by atoms with Gasteiger partial charge in [-0.25, -0.2) is 22.9 Å². The molecule has 0 aliphatic carbocycles. The summed E-state index contributed by atoms with van der Waals surface area (Å²) in [7, 11) is -2.41. The first kappa shape index (κ1) is 23.9. The highest BCUT2D eigenvalue weighted by molar-refractivity contribution is 7.89. The van der Waals surface area contributed by atoms with E-state index in [1.54, 1.807) is 60.5 Å². The number of imidazole rings is 1. The molecule has 0 bridgehead atoms. The number of ketones is 1. The molecule has 5 rings (SSSR count). The van der Waals surface area contributed by atoms with Gasteiger partial charge in [-0.3, -0.25) is 9.36 Å². The van der Waals surface area contributed by atoms with Crippen LogP contribution in [0.4, 0.5) is 4.39 Å². The highest BCUT2D eigenvalue weighted by Gasteiger charge is 2.29. The third-order valence-electron chi connectivity index (χ3n) is 6.24. The fourth-order valence-corrected chi connectivity index (χ4v) is 5.23. The SMILES string of the molecule is COc1ccc(-n2cnc3c2C(=O)CC(c2ccc(-c4ccccc4S(N)(=O)=O)cc2F)NC3)cc1. The molecule has 3 aromatic carbocycles. The van der Waals surface area contributed by atoms with Crippen LogP contribution in [0.1, 0.15) is 34.2 Å². The monoisotopic (exact) mass is 506 g/mol. The molecule has 1 aliphatic rings. The van der Waals surface area contributed by atoms with Gasteiger partial charge in [-0.15, -0.1) is 0 Å². The largest absolute Gasteiger partial charge is 0.497 e. The molecule has 0 amide bonds. The summed E-state index contributed by atoms with van der Waals surface area (Å²) < 4.78 is 46.2. The van der Waals surface area contributed by atoms with Crippen LogP contribution >= 0.6 is 0 Å². The van der Waals surface area contributed by atoms with Gasteiger partial charge in [0.25, 0.3) is 0 Å². The zero-order valence-electron chi connectivity index (χ0n) is 19.3. The van der Waals surface area contributed by atoms with Crippen molar-refractivity contribution in [3.05, 3.63) is 95.8 Å². The smallest absolute Gasteiger partial charge is 0.238 e. The van der Waals surface area contributed by atoms with Gasteiger partial charge >= 0.3 is 0 Å². The van der Waals surface area contributed by atoms with Crippen LogP contribution in [-0.4, -0.2) is 30.9 Å². The van der Waals surface area contributed by atoms with Crippen LogP contribution in [0, 0.1) is 5.82 Å². The first-order valence-corrected chi connectivity index (χ1v) is 12.7. The van der Waals surface area contributed by atoms with Crippen molar-refractivity contribution >= 4 is 15.8 Å². The van der Waals surface area contributed by atoms with Gasteiger partial charge in [0.1, 0.15) is 23.6 Å². The molecule has 0 spiro atoms. The van der Waals surface area contributed by atoms with Gasteiger partial charge < -0.3 is 10.1 Å². The van der Waals surface area contributed by atoms with Gasteiger partial charge in [-0.1, -0.05) is 30.3 Å². The van der Waals surface area contributed by atoms with Crippen LogP contribution in [0.15, 0.2) is 78.0 Å². The van der Waals surface area contributed by atoms with Crippen LogP contribution in [0.5, 0.6) is 5.75 Å². The Balaban J connectivity index is 1.44. The lowest BCUT2D eigenvalue weighted by atomic mass is 9.97. The van der Waals surface area contributed by atoms with Gasteiger partial charge in [0.05, 0.1) is 17.7 Å². The fraction of sp³-hybridized carbons (Fsp3) is 0.154. The van der Waals surface area contributed by atoms with Crippen molar-refractivity contribution in [1.82, 2.24) is 14.9 Å². The minimum atomic E-state index is -3.99. The van der Waals surface area contributed by atoms with Gasteiger partial charge in [0.15, 0.2) is 5.78 Å². The minimum absolute atomic E-state index is 0.0267. The summed E-state index contributed by atoms with van der Waals surface area (Å²) in [5.41, 5.74) is 2.78. The number of benzene rings is 3. The van der Waals surface area contributed by atoms with Crippen molar-refractivity contribution in [3.8, 4) is 22.6 Å². The van der Waals surface area contributed by atoms with Crippen LogP contribution in [0.25, 0.3) is 16.8 Å². The highest BCUT2D eigenvalue weighted by atomic mass is 32.2. The quantitative estimate of drug-likeness (QED) is 0.426. The van der Waals surface area contributed by atoms with Crippen LogP contribution in [0.3, 0.4) is 0 Å². The number of Topliss-reactive ketones (excluding diaryl/α,β-unsaturated/α-hetero) is 1. The lowest BCUT2D eigenvalue weighted by Gasteiger charge is -2.18. The van der Waals surface area contributed by atoms with E-state index < -0.39 is 21.9 Å². The van der Waals surface area contributed by atoms with Gasteiger partial charge in [0.2, 0.25) is 10.0 Å². The molecule has 0 saturated carbocycles. The molecule has 4 aromatic rings. The number of aromatic nitrogens is 2. The average molecular weight is 507 g/mol. The van der Waals surface area contributed by atoms with E-state index in [0.717, 1.165) is 5.69 Å². The summed E-state index contributed by atoms with van der Waals surface area (Å²) in [6.45, 7) is 0.282. The second-order valence-electron chi connectivity index (χ2n) is 8.45. The molecule has 0 fully saturated rings. The average Bonchev–Trinajstić information content (AvgIpc) is 3.23. The van der Waals surface area contributed by atoms with E-state index in [2.05, 4.69) is 10.3 Å². The zero-order valence-corrected chi connectivity index (χ0v) is 20.1. The highest BCUT2D eigenvalue weighted by Crippen LogP contribution is 2.32. The summed E-state index contributed by atoms with van der Waals surface area (Å²) >= 11 is 0. The van der Waals surface area contributed by atoms with Crippen molar-refractivity contribution in [2.24, 2.45) is 5.14 Å². The van der Waals surface area contributed by atoms with E-state index in [4.69, 9.17) is 9.88 Å². The molecule has 1 atom stereocenters. The molecule has 10 heteroatoms. The van der Waals surface area contributed by atoms with Crippen LogP contribution in [-0.2, 0) is 16.6 Å². The van der Waals surface area contributed by atoms with Crippen molar-refractivity contribution in [2.75, 3.05) is 7.11 Å². The van der Waals surface area contributed by atoms with Gasteiger partial charge in [-0.05, 0) is 42.0 Å². The molecule has 0 radical (unpaired) electrons. The number of carbonyl (C=O) groups is 1. The summed E-state index contributed by atoms with van der Waals surface area (Å²) in [5.74, 6) is -0.0282. The number of fused-ring (bicyclic) bond motifs is 1. The Hall–Kier alpha value is -3.86. The van der Waals surface area contributed by atoms with E-state index in [-0.39, 0.29) is 23.6 Å². The van der Waals surface area contributed by atoms with E-state index in [0.29, 0.717) is 33.8 Å². The first-order valence-electron chi connectivity index (χ1n) is 11.1. The maximum atomic E-state index is 15.3. The molecule has 1 unspecified atom stereocenters. The number of nitrogens with two attached hydrogens (primary N) is 1. The number of hydrogen-bond acceptors (Lipinski definition) is 6. The predicted molar refractivity (Wildman–Crippen MR) is 132 cm³/mol. The Morgan fingerprint density at radius 2 is 1.86 bits per heavy atom. The third-order valence-corrected chi connectivity index (χ3v) is 7.21. The van der Waals surface area contributed by atoms with E-state index in [1.165, 1.54) is 12.1 Å². The number of nitrogens with one attached hydrogen (secondary N) is 1. The van der Waals surface area contributed by atoms with E-state index >= 15 is 4.39 Å². The number of ether oxygens (including phenoxy) is 1. The Morgan fingerprint density at radius 1 is 1.11 bits per heavy atom. The zero-order chi connectivity index (χ0) is 25.4. The van der Waals surface area contributed by atoms with Crippen LogP contribution < -0.4 is 15.2 Å². The normalized spacial score (nSPS) is 15.9. The Morgan fingerprint density at radius 3 is 2.56 bits per heavy atom. The number of methoxy groups -OCH3 is 1. The number of carbonyl (C=O) groups excluding carboxylic acids is 1. The summed E-state index contributed by atoms with van der Waals surface area (Å²) in [4.78, 5) is 17.6. The molecule has 2 heterocycles. The molecular weight excluding hydrogens is 483 g/mol. The van der Waals surface area contributed by atoms with E-state index in [9.17, 15) is 13.2 Å². The number of sulfonamides is 1. The van der Waals surface area contributed by atoms with Crippen molar-refractivity contribution in [1.29, 1.82) is 0 Å². The number of halogens is 1. The van der Waals surface area contributed by atoms with Gasteiger partial charge in [-0.2, -0.15) is 0 Å². The standard InChI is InChI=1S/C26H23FN4O4S/c1-35-18-9-7-17(8-10-18)31-15-30-23-14-29-22(13-24(32)26(23)31)20-11-6-16(12-21(20)27)19-4-2-3-5-25(19)36(28,33)34/h2-12,15,22,29H,13-14H2,1H3,(H2,28,33,34). The molecule has 0 saturated heterocycles. The minimum Gasteiger partial charge on any atom is -0.497 e.